The van der Waals surface area contributed by atoms with Gasteiger partial charge in [0, 0.05) is 23.3 Å². The Kier molecular flexibility index (Phi) is 9.85. The van der Waals surface area contributed by atoms with Gasteiger partial charge in [-0.15, -0.1) is 0 Å². The molecule has 1 aliphatic rings. The summed E-state index contributed by atoms with van der Waals surface area (Å²) in [5.41, 5.74) is 1.79. The van der Waals surface area contributed by atoms with Crippen molar-refractivity contribution in [3.8, 4) is 34.5 Å². The molecule has 0 unspecified atom stereocenters. The highest BCUT2D eigenvalue weighted by molar-refractivity contribution is 5.83. The number of benzene rings is 3. The number of methoxy groups -OCH3 is 2. The maximum Gasteiger partial charge on any atom is 0.200 e. The van der Waals surface area contributed by atoms with E-state index in [1.165, 1.54) is 32.4 Å². The summed E-state index contributed by atoms with van der Waals surface area (Å²) < 4.78 is 10.5. The third-order valence-electron chi connectivity index (χ3n) is 8.66. The standard InChI is InChI=1S/C33H40O9/c1-41-30-14-20(9-11-27(30)37)8-10-26(36)23(15-21-6-5-7-25(35)24(21)19-34)29(39)18-33(12-3-4-13-33)22-16-28(38)32(40)31(17-22)42-2/h5-7,9,11,14,16-17,23,26,34-38,40H,3-4,8,10,12-13,15,18-19H2,1-2H3/t23-,26-/m1/s1. The summed E-state index contributed by atoms with van der Waals surface area (Å²) in [5.74, 6) is -1.33. The van der Waals surface area contributed by atoms with E-state index in [1.807, 2.05) is 0 Å². The lowest BCUT2D eigenvalue weighted by atomic mass is 9.71. The number of ether oxygens (including phenoxy) is 2. The molecule has 0 amide bonds. The number of aliphatic hydroxyl groups is 2. The predicted molar refractivity (Wildman–Crippen MR) is 156 cm³/mol. The molecule has 0 spiro atoms. The van der Waals surface area contributed by atoms with Gasteiger partial charge in [0.25, 0.3) is 0 Å². The van der Waals surface area contributed by atoms with Crippen molar-refractivity contribution < 1.29 is 44.9 Å². The summed E-state index contributed by atoms with van der Waals surface area (Å²) in [6.45, 7) is -0.414. The van der Waals surface area contributed by atoms with Crippen molar-refractivity contribution in [3.05, 3.63) is 70.8 Å². The topological polar surface area (TPSA) is 157 Å². The number of phenolic OH excluding ortho intramolecular Hbond substituents is 3. The number of carbonyl (C=O) groups is 1. The largest absolute Gasteiger partial charge is 0.508 e. The minimum Gasteiger partial charge on any atom is -0.508 e. The molecule has 9 nitrogen and oxygen atoms in total. The van der Waals surface area contributed by atoms with Crippen molar-refractivity contribution in [1.82, 2.24) is 0 Å². The fourth-order valence-electron chi connectivity index (χ4n) is 6.23. The van der Waals surface area contributed by atoms with Gasteiger partial charge in [0.15, 0.2) is 23.0 Å². The molecule has 2 atom stereocenters. The number of rotatable bonds is 13. The number of Topliss-reactive ketones (excluding diaryl/α,β-unsaturated/α-hetero) is 1. The molecule has 226 valence electrons. The molecule has 1 fully saturated rings. The molecule has 4 rings (SSSR count). The van der Waals surface area contributed by atoms with Crippen LogP contribution >= 0.6 is 0 Å². The van der Waals surface area contributed by atoms with Gasteiger partial charge in [0.1, 0.15) is 11.5 Å². The molecule has 1 aliphatic carbocycles. The van der Waals surface area contributed by atoms with Crippen LogP contribution in [0.2, 0.25) is 0 Å². The minimum absolute atomic E-state index is 0.00836. The average Bonchev–Trinajstić information content (AvgIpc) is 3.46. The molecule has 0 aromatic heterocycles. The SMILES string of the molecule is COc1cc(CC[C@@H](O)[C@@H](Cc2cccc(O)c2CO)C(=O)CC2(c3cc(O)c(O)c(OC)c3)CCCC2)ccc1O. The van der Waals surface area contributed by atoms with E-state index in [2.05, 4.69) is 0 Å². The van der Waals surface area contributed by atoms with Crippen molar-refractivity contribution in [1.29, 1.82) is 0 Å². The van der Waals surface area contributed by atoms with Crippen molar-refractivity contribution in [2.75, 3.05) is 14.2 Å². The first-order chi connectivity index (χ1) is 20.1. The molecule has 1 saturated carbocycles. The summed E-state index contributed by atoms with van der Waals surface area (Å²) in [4.78, 5) is 14.2. The number of hydrogen-bond donors (Lipinski definition) is 6. The normalized spacial score (nSPS) is 15.7. The van der Waals surface area contributed by atoms with Gasteiger partial charge in [-0.05, 0) is 79.1 Å². The highest BCUT2D eigenvalue weighted by Crippen LogP contribution is 2.49. The molecule has 3 aromatic rings. The molecular weight excluding hydrogens is 540 g/mol. The van der Waals surface area contributed by atoms with E-state index in [0.29, 0.717) is 41.7 Å². The lowest BCUT2D eigenvalue weighted by Gasteiger charge is -2.32. The zero-order valence-corrected chi connectivity index (χ0v) is 24.0. The third-order valence-corrected chi connectivity index (χ3v) is 8.66. The second-order valence-electron chi connectivity index (χ2n) is 11.2. The summed E-state index contributed by atoms with van der Waals surface area (Å²) in [5, 5.41) is 62.3. The summed E-state index contributed by atoms with van der Waals surface area (Å²) in [6.07, 6.45) is 2.98. The number of hydrogen-bond acceptors (Lipinski definition) is 9. The number of carbonyl (C=O) groups excluding carboxylic acids is 1. The second-order valence-corrected chi connectivity index (χ2v) is 11.2. The van der Waals surface area contributed by atoms with Gasteiger partial charge in [0.2, 0.25) is 5.75 Å². The van der Waals surface area contributed by atoms with E-state index >= 15 is 0 Å². The van der Waals surface area contributed by atoms with E-state index in [4.69, 9.17) is 9.47 Å². The van der Waals surface area contributed by atoms with Gasteiger partial charge in [-0.25, -0.2) is 0 Å². The molecular formula is C33H40O9. The van der Waals surface area contributed by atoms with E-state index < -0.39 is 24.0 Å². The number of phenols is 4. The van der Waals surface area contributed by atoms with Crippen LogP contribution in [-0.4, -0.2) is 56.7 Å². The zero-order valence-electron chi connectivity index (χ0n) is 24.0. The van der Waals surface area contributed by atoms with Crippen LogP contribution < -0.4 is 9.47 Å². The van der Waals surface area contributed by atoms with Crippen LogP contribution in [0.5, 0.6) is 34.5 Å². The monoisotopic (exact) mass is 580 g/mol. The first-order valence-corrected chi connectivity index (χ1v) is 14.2. The fourth-order valence-corrected chi connectivity index (χ4v) is 6.23. The molecule has 0 heterocycles. The molecule has 0 saturated heterocycles. The maximum atomic E-state index is 14.2. The van der Waals surface area contributed by atoms with Crippen LogP contribution in [0.4, 0.5) is 0 Å². The molecule has 3 aromatic carbocycles. The van der Waals surface area contributed by atoms with Gasteiger partial charge >= 0.3 is 0 Å². The van der Waals surface area contributed by atoms with Gasteiger partial charge < -0.3 is 40.1 Å². The molecule has 0 radical (unpaired) electrons. The number of aliphatic hydroxyl groups excluding tert-OH is 2. The smallest absolute Gasteiger partial charge is 0.200 e. The highest BCUT2D eigenvalue weighted by Gasteiger charge is 2.41. The first kappa shape index (κ1) is 31.0. The predicted octanol–water partition coefficient (Wildman–Crippen LogP) is 4.64. The summed E-state index contributed by atoms with van der Waals surface area (Å²) >= 11 is 0. The summed E-state index contributed by atoms with van der Waals surface area (Å²) in [7, 11) is 2.85. The van der Waals surface area contributed by atoms with Crippen LogP contribution in [0.1, 0.15) is 60.8 Å². The average molecular weight is 581 g/mol. The van der Waals surface area contributed by atoms with E-state index in [1.54, 1.807) is 30.3 Å². The van der Waals surface area contributed by atoms with Gasteiger partial charge in [-0.3, -0.25) is 4.79 Å². The van der Waals surface area contributed by atoms with Crippen LogP contribution in [0.25, 0.3) is 0 Å². The van der Waals surface area contributed by atoms with Crippen molar-refractivity contribution >= 4 is 5.78 Å². The van der Waals surface area contributed by atoms with Crippen molar-refractivity contribution in [3.63, 3.8) is 0 Å². The lowest BCUT2D eigenvalue weighted by Crippen LogP contribution is -2.36. The van der Waals surface area contributed by atoms with E-state index in [-0.39, 0.29) is 53.8 Å². The quantitative estimate of drug-likeness (QED) is 0.159. The van der Waals surface area contributed by atoms with Crippen LogP contribution in [-0.2, 0) is 29.7 Å². The van der Waals surface area contributed by atoms with Gasteiger partial charge in [0.05, 0.1) is 26.9 Å². The fraction of sp³-hybridized carbons (Fsp3) is 0.424. The Bertz CT molecular complexity index is 1390. The van der Waals surface area contributed by atoms with Gasteiger partial charge in [-0.1, -0.05) is 31.0 Å². The van der Waals surface area contributed by atoms with Crippen molar-refractivity contribution in [2.24, 2.45) is 5.92 Å². The Balaban J connectivity index is 1.65. The maximum absolute atomic E-state index is 14.2. The molecule has 0 aliphatic heterocycles. The Morgan fingerprint density at radius 1 is 0.905 bits per heavy atom. The molecule has 42 heavy (non-hydrogen) atoms. The lowest BCUT2D eigenvalue weighted by molar-refractivity contribution is -0.127. The Labute approximate surface area is 245 Å². The summed E-state index contributed by atoms with van der Waals surface area (Å²) in [6, 6.07) is 12.9. The Hall–Kier alpha value is -3.95. The van der Waals surface area contributed by atoms with Crippen LogP contribution in [0.15, 0.2) is 48.5 Å². The Morgan fingerprint density at radius 2 is 1.62 bits per heavy atom. The Morgan fingerprint density at radius 3 is 2.29 bits per heavy atom. The number of aryl methyl sites for hydroxylation is 1. The minimum atomic E-state index is -1.05. The van der Waals surface area contributed by atoms with Gasteiger partial charge in [-0.2, -0.15) is 0 Å². The number of aromatic hydroxyl groups is 4. The van der Waals surface area contributed by atoms with E-state index in [0.717, 1.165) is 18.4 Å². The number of ketones is 1. The second kappa shape index (κ2) is 13.4. The van der Waals surface area contributed by atoms with Crippen LogP contribution in [0, 0.1) is 5.92 Å². The first-order valence-electron chi connectivity index (χ1n) is 14.2. The van der Waals surface area contributed by atoms with E-state index in [9.17, 15) is 35.4 Å². The highest BCUT2D eigenvalue weighted by atomic mass is 16.5. The molecule has 6 N–H and O–H groups in total. The third kappa shape index (κ3) is 6.58. The van der Waals surface area contributed by atoms with Crippen LogP contribution in [0.3, 0.4) is 0 Å². The zero-order chi connectivity index (χ0) is 30.4. The molecule has 9 heteroatoms. The molecule has 0 bridgehead atoms. The van der Waals surface area contributed by atoms with Crippen molar-refractivity contribution in [2.45, 2.75) is 69.5 Å².